The largest absolute Gasteiger partial charge is 0.411 e. The molecular formula is C37H51N5O3SSi. The van der Waals surface area contributed by atoms with Crippen LogP contribution in [0.3, 0.4) is 0 Å². The van der Waals surface area contributed by atoms with Gasteiger partial charge in [0.25, 0.3) is 0 Å². The van der Waals surface area contributed by atoms with Crippen molar-refractivity contribution in [1.29, 1.82) is 0 Å². The Morgan fingerprint density at radius 3 is 2.51 bits per heavy atom. The average molecular weight is 674 g/mol. The summed E-state index contributed by atoms with van der Waals surface area (Å²) in [4.78, 5) is 10.2. The minimum atomic E-state index is -1.93. The molecule has 0 fully saturated rings. The summed E-state index contributed by atoms with van der Waals surface area (Å²) in [7, 11) is -3.14. The van der Waals surface area contributed by atoms with Gasteiger partial charge in [-0.1, -0.05) is 52.3 Å². The average Bonchev–Trinajstić information content (AvgIpc) is 3.47. The fourth-order valence-corrected chi connectivity index (χ4v) is 7.09. The number of ether oxygens (including phenoxy) is 1. The van der Waals surface area contributed by atoms with Crippen molar-refractivity contribution >= 4 is 35.8 Å². The first-order valence-corrected chi connectivity index (χ1v) is 20.8. The number of nitrogens with one attached hydrogen (secondary N) is 1. The van der Waals surface area contributed by atoms with E-state index in [9.17, 15) is 4.21 Å². The van der Waals surface area contributed by atoms with Gasteiger partial charge in [-0.15, -0.1) is 0 Å². The van der Waals surface area contributed by atoms with Crippen LogP contribution in [0.1, 0.15) is 90.7 Å². The van der Waals surface area contributed by atoms with E-state index in [-0.39, 0.29) is 15.8 Å². The molecule has 5 rings (SSSR count). The number of aromatic nitrogens is 4. The van der Waals surface area contributed by atoms with Crippen LogP contribution in [-0.4, -0.2) is 50.2 Å². The first-order valence-electron chi connectivity index (χ1n) is 16.7. The fraction of sp³-hybridized carbons (Fsp3) is 0.486. The van der Waals surface area contributed by atoms with Gasteiger partial charge in [0.1, 0.15) is 0 Å². The molecule has 0 saturated carbocycles. The molecule has 0 aliphatic carbocycles. The lowest BCUT2D eigenvalue weighted by Gasteiger charge is -2.36. The Balaban J connectivity index is 1.57. The zero-order valence-electron chi connectivity index (χ0n) is 29.5. The van der Waals surface area contributed by atoms with Gasteiger partial charge in [-0.05, 0) is 99.3 Å². The van der Waals surface area contributed by atoms with Gasteiger partial charge in [0.15, 0.2) is 14.1 Å². The van der Waals surface area contributed by atoms with Crippen molar-refractivity contribution in [3.8, 4) is 17.1 Å². The van der Waals surface area contributed by atoms with Gasteiger partial charge in [0.2, 0.25) is 0 Å². The van der Waals surface area contributed by atoms with Crippen LogP contribution in [0, 0.1) is 0 Å². The van der Waals surface area contributed by atoms with E-state index >= 15 is 0 Å². The molecule has 10 heteroatoms. The molecule has 1 aliphatic rings. The summed E-state index contributed by atoms with van der Waals surface area (Å²) < 4.78 is 30.2. The number of rotatable bonds is 11. The molecule has 0 unspecified atom stereocenters. The summed E-state index contributed by atoms with van der Waals surface area (Å²) in [5.74, 6) is 0.749. The van der Waals surface area contributed by atoms with Crippen molar-refractivity contribution in [2.24, 2.45) is 0 Å². The van der Waals surface area contributed by atoms with E-state index in [2.05, 4.69) is 63.7 Å². The predicted molar refractivity (Wildman–Crippen MR) is 196 cm³/mol. The molecule has 252 valence electrons. The molecule has 2 atom stereocenters. The van der Waals surface area contributed by atoms with Gasteiger partial charge in [0, 0.05) is 10.9 Å². The van der Waals surface area contributed by atoms with Crippen molar-refractivity contribution in [2.45, 2.75) is 103 Å². The van der Waals surface area contributed by atoms with E-state index in [4.69, 9.17) is 24.2 Å². The van der Waals surface area contributed by atoms with E-state index in [0.717, 1.165) is 64.2 Å². The summed E-state index contributed by atoms with van der Waals surface area (Å²) in [5.41, 5.74) is 6.97. The number of hydrogen-bond acceptors (Lipinski definition) is 6. The van der Waals surface area contributed by atoms with E-state index in [1.165, 1.54) is 5.57 Å². The highest BCUT2D eigenvalue weighted by Gasteiger charge is 2.37. The summed E-state index contributed by atoms with van der Waals surface area (Å²) >= 11 is 0. The van der Waals surface area contributed by atoms with E-state index in [1.807, 2.05) is 68.0 Å². The quantitative estimate of drug-likeness (QED) is 0.160. The number of nitrogens with zero attached hydrogens (tertiary/aromatic N) is 4. The summed E-state index contributed by atoms with van der Waals surface area (Å²) in [5, 5.41) is 6.06. The van der Waals surface area contributed by atoms with Crippen molar-refractivity contribution < 1.29 is 13.4 Å². The third-order valence-electron chi connectivity index (χ3n) is 9.20. The normalized spacial score (nSPS) is 15.9. The van der Waals surface area contributed by atoms with E-state index in [0.29, 0.717) is 19.8 Å². The lowest BCUT2D eigenvalue weighted by atomic mass is 9.95. The van der Waals surface area contributed by atoms with Gasteiger partial charge in [-0.25, -0.2) is 18.6 Å². The molecule has 0 saturated heterocycles. The maximum Gasteiger partial charge on any atom is 0.192 e. The van der Waals surface area contributed by atoms with Gasteiger partial charge in [0.05, 0.1) is 70.4 Å². The Morgan fingerprint density at radius 2 is 1.83 bits per heavy atom. The van der Waals surface area contributed by atoms with Gasteiger partial charge < -0.3 is 9.16 Å². The van der Waals surface area contributed by atoms with Crippen molar-refractivity contribution in [2.75, 3.05) is 13.2 Å². The van der Waals surface area contributed by atoms with Crippen LogP contribution < -0.4 is 4.72 Å². The van der Waals surface area contributed by atoms with Crippen molar-refractivity contribution in [3.05, 3.63) is 77.8 Å². The smallest absolute Gasteiger partial charge is 0.192 e. The van der Waals surface area contributed by atoms with Crippen LogP contribution in [-0.2, 0) is 26.8 Å². The van der Waals surface area contributed by atoms with Crippen LogP contribution in [0.2, 0.25) is 18.1 Å². The third kappa shape index (κ3) is 8.17. The molecule has 3 aromatic heterocycles. The molecule has 0 amide bonds. The van der Waals surface area contributed by atoms with E-state index in [1.54, 1.807) is 0 Å². The Hall–Kier alpha value is -3.02. The Labute approximate surface area is 284 Å². The zero-order chi connectivity index (χ0) is 34.0. The monoisotopic (exact) mass is 673 g/mol. The molecule has 1 N–H and O–H groups in total. The predicted octanol–water partition coefficient (Wildman–Crippen LogP) is 8.70. The first kappa shape index (κ1) is 35.3. The summed E-state index contributed by atoms with van der Waals surface area (Å²) in [6, 6.07) is 16.4. The molecule has 47 heavy (non-hydrogen) atoms. The molecule has 0 bridgehead atoms. The SMILES string of the molecule is CCC[C@H](N[S@](=O)C(C)(C)C)c1cccc(-c2cc(C3=CCOCC3)c3cnn(-c4cccc(CO[Si](C)(C)C(C)(C)C)n4)c3c2)n1. The van der Waals surface area contributed by atoms with Crippen LogP contribution in [0.15, 0.2) is 60.8 Å². The molecule has 8 nitrogen and oxygen atoms in total. The second-order valence-electron chi connectivity index (χ2n) is 14.9. The van der Waals surface area contributed by atoms with Crippen LogP contribution >= 0.6 is 0 Å². The number of hydrogen-bond donors (Lipinski definition) is 1. The number of pyridine rings is 2. The molecule has 4 heterocycles. The molecular weight excluding hydrogens is 623 g/mol. The minimum Gasteiger partial charge on any atom is -0.411 e. The van der Waals surface area contributed by atoms with Gasteiger partial charge in [-0.3, -0.25) is 4.98 Å². The topological polar surface area (TPSA) is 91.2 Å². The highest BCUT2D eigenvalue weighted by Crippen LogP contribution is 2.37. The van der Waals surface area contributed by atoms with Crippen molar-refractivity contribution in [1.82, 2.24) is 24.5 Å². The number of fused-ring (bicyclic) bond motifs is 1. The van der Waals surface area contributed by atoms with Gasteiger partial charge >= 0.3 is 0 Å². The molecule has 0 radical (unpaired) electrons. The maximum atomic E-state index is 13.1. The maximum absolute atomic E-state index is 13.1. The van der Waals surface area contributed by atoms with Crippen molar-refractivity contribution in [3.63, 3.8) is 0 Å². The molecule has 0 spiro atoms. The summed E-state index contributed by atoms with van der Waals surface area (Å²) in [6.45, 7) is 21.1. The Bertz CT molecular complexity index is 1770. The molecule has 1 aromatic carbocycles. The highest BCUT2D eigenvalue weighted by molar-refractivity contribution is 7.84. The Kier molecular flexibility index (Phi) is 10.7. The first-order chi connectivity index (χ1) is 22.2. The highest BCUT2D eigenvalue weighted by atomic mass is 32.2. The fourth-order valence-electron chi connectivity index (χ4n) is 5.30. The Morgan fingerprint density at radius 1 is 1.06 bits per heavy atom. The van der Waals surface area contributed by atoms with Crippen LogP contribution in [0.4, 0.5) is 0 Å². The van der Waals surface area contributed by atoms with Gasteiger partial charge in [-0.2, -0.15) is 5.10 Å². The van der Waals surface area contributed by atoms with Crippen LogP contribution in [0.25, 0.3) is 33.6 Å². The lowest BCUT2D eigenvalue weighted by molar-refractivity contribution is 0.161. The minimum absolute atomic E-state index is 0.118. The number of benzene rings is 1. The summed E-state index contributed by atoms with van der Waals surface area (Å²) in [6.07, 6.45) is 6.73. The van der Waals surface area contributed by atoms with Crippen LogP contribution in [0.5, 0.6) is 0 Å². The lowest BCUT2D eigenvalue weighted by Crippen LogP contribution is -2.40. The second-order valence-corrected chi connectivity index (χ2v) is 21.7. The second kappa shape index (κ2) is 14.2. The van der Waals surface area contributed by atoms with E-state index < -0.39 is 19.3 Å². The standard InChI is InChI=1S/C37H51N5O3SSi/c1-10-13-33(41-46(43)36(2,3)4)32-16-12-15-31(40-32)27-22-29(26-18-20-44-21-19-26)30-24-38-42(34(30)23-27)35-17-11-14-28(39-35)25-45-47(8,9)37(5,6)7/h11-12,14-18,22-24,33,41H,10,13,19-21,25H2,1-9H3/t33-,46+/m0/s1. The zero-order valence-corrected chi connectivity index (χ0v) is 31.3. The third-order valence-corrected chi connectivity index (χ3v) is 15.3. The molecule has 4 aromatic rings. The molecule has 1 aliphatic heterocycles.